The fourth-order valence-electron chi connectivity index (χ4n) is 2.18. The van der Waals surface area contributed by atoms with Crippen molar-refractivity contribution in [2.24, 2.45) is 5.73 Å². The summed E-state index contributed by atoms with van der Waals surface area (Å²) in [4.78, 5) is 10.9. The SMILES string of the molecule is NC[C@H](CC(=O)O)c1ccc(Cl)c(-c2ccccc2)c1. The summed E-state index contributed by atoms with van der Waals surface area (Å²) >= 11 is 6.24. The number of halogens is 1. The zero-order valence-electron chi connectivity index (χ0n) is 10.9. The maximum Gasteiger partial charge on any atom is 0.304 e. The highest BCUT2D eigenvalue weighted by Crippen LogP contribution is 2.31. The van der Waals surface area contributed by atoms with Crippen molar-refractivity contribution in [2.45, 2.75) is 12.3 Å². The highest BCUT2D eigenvalue weighted by Gasteiger charge is 2.15. The molecule has 0 amide bonds. The van der Waals surface area contributed by atoms with Crippen LogP contribution in [0, 0.1) is 0 Å². The van der Waals surface area contributed by atoms with Crippen LogP contribution in [0.2, 0.25) is 5.02 Å². The zero-order chi connectivity index (χ0) is 14.5. The van der Waals surface area contributed by atoms with E-state index < -0.39 is 5.97 Å². The number of benzene rings is 2. The molecule has 2 rings (SSSR count). The van der Waals surface area contributed by atoms with Crippen molar-refractivity contribution in [3.63, 3.8) is 0 Å². The third-order valence-corrected chi connectivity index (χ3v) is 3.58. The summed E-state index contributed by atoms with van der Waals surface area (Å²) in [6, 6.07) is 15.3. The topological polar surface area (TPSA) is 63.3 Å². The van der Waals surface area contributed by atoms with Gasteiger partial charge in [0.25, 0.3) is 0 Å². The molecule has 0 saturated carbocycles. The van der Waals surface area contributed by atoms with E-state index in [1.54, 1.807) is 6.07 Å². The lowest BCUT2D eigenvalue weighted by Gasteiger charge is -2.15. The first-order valence-electron chi connectivity index (χ1n) is 6.38. The van der Waals surface area contributed by atoms with Crippen LogP contribution in [0.5, 0.6) is 0 Å². The molecule has 2 aromatic rings. The first kappa shape index (κ1) is 14.6. The molecule has 0 saturated heterocycles. The Morgan fingerprint density at radius 1 is 1.20 bits per heavy atom. The van der Waals surface area contributed by atoms with E-state index in [2.05, 4.69) is 0 Å². The maximum absolute atomic E-state index is 10.9. The minimum Gasteiger partial charge on any atom is -0.481 e. The Morgan fingerprint density at radius 2 is 1.90 bits per heavy atom. The summed E-state index contributed by atoms with van der Waals surface area (Å²) in [5, 5.41) is 9.58. The molecular formula is C16H16ClNO2. The second kappa shape index (κ2) is 6.55. The molecule has 0 aliphatic rings. The van der Waals surface area contributed by atoms with E-state index in [-0.39, 0.29) is 12.3 Å². The third kappa shape index (κ3) is 3.38. The monoisotopic (exact) mass is 289 g/mol. The Balaban J connectivity index is 2.40. The summed E-state index contributed by atoms with van der Waals surface area (Å²) < 4.78 is 0. The summed E-state index contributed by atoms with van der Waals surface area (Å²) in [5.41, 5.74) is 8.49. The number of carbonyl (C=O) groups is 1. The van der Waals surface area contributed by atoms with Crippen molar-refractivity contribution in [3.8, 4) is 11.1 Å². The van der Waals surface area contributed by atoms with Gasteiger partial charge >= 0.3 is 5.97 Å². The molecule has 104 valence electrons. The molecule has 0 spiro atoms. The molecule has 1 atom stereocenters. The van der Waals surface area contributed by atoms with Crippen molar-refractivity contribution in [1.82, 2.24) is 0 Å². The van der Waals surface area contributed by atoms with Crippen molar-refractivity contribution >= 4 is 17.6 Å². The van der Waals surface area contributed by atoms with E-state index in [0.717, 1.165) is 16.7 Å². The molecule has 0 fully saturated rings. The zero-order valence-corrected chi connectivity index (χ0v) is 11.7. The molecule has 4 heteroatoms. The van der Waals surface area contributed by atoms with Crippen LogP contribution >= 0.6 is 11.6 Å². The van der Waals surface area contributed by atoms with E-state index in [1.165, 1.54) is 0 Å². The van der Waals surface area contributed by atoms with Crippen LogP contribution in [0.25, 0.3) is 11.1 Å². The predicted octanol–water partition coefficient (Wildman–Crippen LogP) is 3.52. The molecule has 0 unspecified atom stereocenters. The molecule has 3 N–H and O–H groups in total. The fraction of sp³-hybridized carbons (Fsp3) is 0.188. The first-order valence-corrected chi connectivity index (χ1v) is 6.76. The van der Waals surface area contributed by atoms with Crippen LogP contribution in [-0.4, -0.2) is 17.6 Å². The van der Waals surface area contributed by atoms with Crippen molar-refractivity contribution in [2.75, 3.05) is 6.54 Å². The van der Waals surface area contributed by atoms with Crippen molar-refractivity contribution in [3.05, 3.63) is 59.1 Å². The van der Waals surface area contributed by atoms with Crippen molar-refractivity contribution < 1.29 is 9.90 Å². The number of hydrogen-bond acceptors (Lipinski definition) is 2. The number of hydrogen-bond donors (Lipinski definition) is 2. The quantitative estimate of drug-likeness (QED) is 0.885. The fourth-order valence-corrected chi connectivity index (χ4v) is 2.41. The number of nitrogens with two attached hydrogens (primary N) is 1. The Kier molecular flexibility index (Phi) is 4.77. The second-order valence-corrected chi connectivity index (χ2v) is 5.04. The van der Waals surface area contributed by atoms with Gasteiger partial charge in [-0.05, 0) is 29.8 Å². The first-order chi connectivity index (χ1) is 9.61. The number of rotatable bonds is 5. The number of carboxylic acids is 1. The predicted molar refractivity (Wildman–Crippen MR) is 80.9 cm³/mol. The van der Waals surface area contributed by atoms with E-state index in [0.29, 0.717) is 11.6 Å². The van der Waals surface area contributed by atoms with Gasteiger partial charge in [-0.25, -0.2) is 0 Å². The van der Waals surface area contributed by atoms with Gasteiger partial charge in [0.15, 0.2) is 0 Å². The summed E-state index contributed by atoms with van der Waals surface area (Å²) in [6.45, 7) is 0.294. The normalized spacial score (nSPS) is 12.1. The van der Waals surface area contributed by atoms with Gasteiger partial charge in [-0.2, -0.15) is 0 Å². The minimum atomic E-state index is -0.850. The summed E-state index contributed by atoms with van der Waals surface area (Å²) in [6.07, 6.45) is 0.0202. The van der Waals surface area contributed by atoms with Crippen LogP contribution in [0.4, 0.5) is 0 Å². The Labute approximate surface area is 123 Å². The Bertz CT molecular complexity index is 599. The third-order valence-electron chi connectivity index (χ3n) is 3.25. The van der Waals surface area contributed by atoms with E-state index in [9.17, 15) is 4.79 Å². The highest BCUT2D eigenvalue weighted by atomic mass is 35.5. The minimum absolute atomic E-state index is 0.0202. The smallest absolute Gasteiger partial charge is 0.304 e. The van der Waals surface area contributed by atoms with Crippen LogP contribution < -0.4 is 5.73 Å². The standard InChI is InChI=1S/C16H16ClNO2/c17-15-7-6-12(13(10-18)9-16(19)20)8-14(15)11-4-2-1-3-5-11/h1-8,13H,9-10,18H2,(H,19,20)/t13-/m0/s1. The second-order valence-electron chi connectivity index (χ2n) is 4.64. The number of aliphatic carboxylic acids is 1. The molecule has 0 aliphatic heterocycles. The lowest BCUT2D eigenvalue weighted by molar-refractivity contribution is -0.137. The van der Waals surface area contributed by atoms with Crippen molar-refractivity contribution in [1.29, 1.82) is 0 Å². The van der Waals surface area contributed by atoms with Crippen LogP contribution in [0.3, 0.4) is 0 Å². The number of carboxylic acid groups (broad SMARTS) is 1. The summed E-state index contributed by atoms with van der Waals surface area (Å²) in [7, 11) is 0. The average Bonchev–Trinajstić information content (AvgIpc) is 2.46. The van der Waals surface area contributed by atoms with Gasteiger partial charge in [0, 0.05) is 16.5 Å². The molecule has 0 heterocycles. The van der Waals surface area contributed by atoms with Gasteiger partial charge in [-0.15, -0.1) is 0 Å². The lowest BCUT2D eigenvalue weighted by atomic mass is 9.92. The van der Waals surface area contributed by atoms with Gasteiger partial charge in [0.2, 0.25) is 0 Å². The summed E-state index contributed by atoms with van der Waals surface area (Å²) in [5.74, 6) is -1.05. The van der Waals surface area contributed by atoms with Gasteiger partial charge in [0.05, 0.1) is 6.42 Å². The van der Waals surface area contributed by atoms with Gasteiger partial charge in [0.1, 0.15) is 0 Å². The van der Waals surface area contributed by atoms with Gasteiger partial charge < -0.3 is 10.8 Å². The average molecular weight is 290 g/mol. The molecule has 0 bridgehead atoms. The molecule has 2 aromatic carbocycles. The van der Waals surface area contributed by atoms with Gasteiger partial charge in [-0.3, -0.25) is 4.79 Å². The Morgan fingerprint density at radius 3 is 2.50 bits per heavy atom. The molecule has 0 aromatic heterocycles. The molecule has 0 radical (unpaired) electrons. The van der Waals surface area contributed by atoms with E-state index >= 15 is 0 Å². The molecule has 20 heavy (non-hydrogen) atoms. The Hall–Kier alpha value is -1.84. The van der Waals surface area contributed by atoms with Crippen LogP contribution in [0.15, 0.2) is 48.5 Å². The van der Waals surface area contributed by atoms with E-state index in [4.69, 9.17) is 22.4 Å². The van der Waals surface area contributed by atoms with Gasteiger partial charge in [-0.1, -0.05) is 48.0 Å². The molecular weight excluding hydrogens is 274 g/mol. The largest absolute Gasteiger partial charge is 0.481 e. The van der Waals surface area contributed by atoms with Crippen LogP contribution in [-0.2, 0) is 4.79 Å². The molecule has 0 aliphatic carbocycles. The molecule has 3 nitrogen and oxygen atoms in total. The lowest BCUT2D eigenvalue weighted by Crippen LogP contribution is -2.16. The van der Waals surface area contributed by atoms with E-state index in [1.807, 2.05) is 42.5 Å². The maximum atomic E-state index is 10.9. The van der Waals surface area contributed by atoms with Crippen LogP contribution in [0.1, 0.15) is 17.9 Å². The highest BCUT2D eigenvalue weighted by molar-refractivity contribution is 6.33.